The molecule has 0 atom stereocenters. The molecule has 0 bridgehead atoms. The Morgan fingerprint density at radius 3 is 0.704 bits per heavy atom. The number of para-hydroxylation sites is 6. The fourth-order valence-corrected chi connectivity index (χ4v) is 12.0. The normalized spacial score (nSPS) is 12.2. The van der Waals surface area contributed by atoms with Crippen molar-refractivity contribution < 1.29 is 0 Å². The monoisotopic (exact) mass is 907 g/mol. The summed E-state index contributed by atoms with van der Waals surface area (Å²) in [6.45, 7) is 0. The maximum Gasteiger partial charge on any atom is 0.0990 e. The van der Waals surface area contributed by atoms with Crippen molar-refractivity contribution in [2.45, 2.75) is 0 Å². The molecular formula is C62H37N9. The molecule has 0 saturated carbocycles. The Balaban J connectivity index is 1.28. The number of nitrogens with zero attached hydrogens (tertiary/aromatic N) is 9. The van der Waals surface area contributed by atoms with Crippen LogP contribution in [-0.2, 0) is 0 Å². The van der Waals surface area contributed by atoms with Crippen LogP contribution in [0.1, 0.15) is 0 Å². The van der Waals surface area contributed by atoms with Crippen molar-refractivity contribution >= 4 is 109 Å². The predicted octanol–water partition coefficient (Wildman–Crippen LogP) is 14.8. The van der Waals surface area contributed by atoms with E-state index < -0.39 is 0 Å². The standard InChI is InChI=1S/C62H37N9/c1-7-19-48-38(13-1)39-14-2-8-20-49(39)69(48)60-58(67-54-25-29-63-34-44(54)45-35-64-30-26-55(45)67)33-59(68-56-27-31-65-36-46(56)47-37-66-32-28-57(47)68)61(70-50-21-9-3-15-40(50)41-16-4-10-22-51(41)70)62(60)71-52-23-11-5-17-42(52)43-18-6-12-24-53(43)71/h1-37H. The summed E-state index contributed by atoms with van der Waals surface area (Å²) in [4.78, 5) is 18.9. The van der Waals surface area contributed by atoms with E-state index in [1.165, 1.54) is 32.3 Å². The van der Waals surface area contributed by atoms with Gasteiger partial charge in [0.05, 0.1) is 83.6 Å². The molecule has 9 heterocycles. The van der Waals surface area contributed by atoms with E-state index in [1.54, 1.807) is 0 Å². The molecule has 7 aromatic carbocycles. The van der Waals surface area contributed by atoms with Gasteiger partial charge < -0.3 is 22.8 Å². The number of aromatic nitrogens is 9. The molecule has 0 aliphatic heterocycles. The van der Waals surface area contributed by atoms with Gasteiger partial charge in [0.25, 0.3) is 0 Å². The Bertz CT molecular complexity index is 4390. The molecule has 0 aliphatic rings. The van der Waals surface area contributed by atoms with Crippen LogP contribution < -0.4 is 0 Å². The minimum absolute atomic E-state index is 0.975. The zero-order valence-corrected chi connectivity index (χ0v) is 37.9. The average molecular weight is 908 g/mol. The highest BCUT2D eigenvalue weighted by Crippen LogP contribution is 2.49. The van der Waals surface area contributed by atoms with Gasteiger partial charge in [0.15, 0.2) is 0 Å². The molecule has 0 radical (unpaired) electrons. The van der Waals surface area contributed by atoms with Crippen LogP contribution in [-0.4, -0.2) is 42.8 Å². The van der Waals surface area contributed by atoms with E-state index >= 15 is 0 Å². The minimum atomic E-state index is 0.975. The van der Waals surface area contributed by atoms with E-state index in [1.807, 2.05) is 49.6 Å². The smallest absolute Gasteiger partial charge is 0.0990 e. The zero-order chi connectivity index (χ0) is 46.3. The molecular weight excluding hydrogens is 871 g/mol. The molecule has 330 valence electrons. The summed E-state index contributed by atoms with van der Waals surface area (Å²) in [5.74, 6) is 0. The van der Waals surface area contributed by atoms with E-state index in [0.29, 0.717) is 0 Å². The second-order valence-electron chi connectivity index (χ2n) is 18.3. The summed E-state index contributed by atoms with van der Waals surface area (Å²) in [5, 5.41) is 11.1. The molecule has 9 nitrogen and oxygen atoms in total. The van der Waals surface area contributed by atoms with Gasteiger partial charge >= 0.3 is 0 Å². The first-order valence-electron chi connectivity index (χ1n) is 23.9. The van der Waals surface area contributed by atoms with Gasteiger partial charge in [-0.25, -0.2) is 0 Å². The van der Waals surface area contributed by atoms with Crippen LogP contribution in [0.25, 0.3) is 137 Å². The Kier molecular flexibility index (Phi) is 7.70. The highest BCUT2D eigenvalue weighted by molar-refractivity contribution is 6.17. The zero-order valence-electron chi connectivity index (χ0n) is 37.9. The summed E-state index contributed by atoms with van der Waals surface area (Å²) < 4.78 is 12.5. The molecule has 0 amide bonds. The van der Waals surface area contributed by atoms with Crippen LogP contribution in [0.2, 0.25) is 0 Å². The fraction of sp³-hybridized carbons (Fsp3) is 0. The van der Waals surface area contributed by atoms with E-state index in [2.05, 4.69) is 199 Å². The van der Waals surface area contributed by atoms with Crippen LogP contribution in [0.4, 0.5) is 0 Å². The third-order valence-electron chi connectivity index (χ3n) is 14.8. The van der Waals surface area contributed by atoms with Crippen molar-refractivity contribution in [1.82, 2.24) is 42.8 Å². The van der Waals surface area contributed by atoms with Gasteiger partial charge in [-0.15, -0.1) is 0 Å². The SMILES string of the molecule is c1ccc2c(c1)c1ccccc1n2-c1c(-n2c3ccncc3c3cnccc32)cc(-n2c3ccncc3c3cnccc32)c(-n2c3ccccc3c3ccccc32)c1-n1c2ccccc2c2ccccc21. The van der Waals surface area contributed by atoms with Crippen molar-refractivity contribution in [2.75, 3.05) is 0 Å². The Hall–Kier alpha value is -9.86. The van der Waals surface area contributed by atoms with Crippen LogP contribution in [0.5, 0.6) is 0 Å². The first-order valence-corrected chi connectivity index (χ1v) is 23.9. The van der Waals surface area contributed by atoms with Gasteiger partial charge in [-0.05, 0) is 66.7 Å². The van der Waals surface area contributed by atoms with Crippen molar-refractivity contribution in [1.29, 1.82) is 0 Å². The van der Waals surface area contributed by atoms with Gasteiger partial charge in [-0.1, -0.05) is 109 Å². The van der Waals surface area contributed by atoms with Crippen molar-refractivity contribution in [3.8, 4) is 28.4 Å². The molecule has 0 unspecified atom stereocenters. The van der Waals surface area contributed by atoms with Crippen LogP contribution in [0.15, 0.2) is 225 Å². The van der Waals surface area contributed by atoms with Crippen molar-refractivity contribution in [3.05, 3.63) is 225 Å². The maximum absolute atomic E-state index is 4.71. The quantitative estimate of drug-likeness (QED) is 0.172. The first kappa shape index (κ1) is 38.1. The second kappa shape index (κ2) is 14.3. The van der Waals surface area contributed by atoms with Crippen LogP contribution >= 0.6 is 0 Å². The minimum Gasteiger partial charge on any atom is -0.307 e. The van der Waals surface area contributed by atoms with E-state index in [-0.39, 0.29) is 0 Å². The maximum atomic E-state index is 4.71. The third kappa shape index (κ3) is 5.08. The third-order valence-corrected chi connectivity index (χ3v) is 14.8. The fourth-order valence-electron chi connectivity index (χ4n) is 12.0. The lowest BCUT2D eigenvalue weighted by atomic mass is 10.1. The highest BCUT2D eigenvalue weighted by Gasteiger charge is 2.33. The molecule has 16 aromatic rings. The number of hydrogen-bond acceptors (Lipinski definition) is 4. The van der Waals surface area contributed by atoms with Gasteiger partial charge in [0, 0.05) is 103 Å². The number of benzene rings is 7. The molecule has 0 spiro atoms. The highest BCUT2D eigenvalue weighted by atomic mass is 15.2. The van der Waals surface area contributed by atoms with Crippen LogP contribution in [0.3, 0.4) is 0 Å². The summed E-state index contributed by atoms with van der Waals surface area (Å²) in [7, 11) is 0. The van der Waals surface area contributed by atoms with Crippen molar-refractivity contribution in [3.63, 3.8) is 0 Å². The summed E-state index contributed by atoms with van der Waals surface area (Å²) in [6, 6.07) is 64.1. The summed E-state index contributed by atoms with van der Waals surface area (Å²) in [5.41, 5.74) is 15.6. The molecule has 16 rings (SSSR count). The predicted molar refractivity (Wildman–Crippen MR) is 289 cm³/mol. The first-order chi connectivity index (χ1) is 35.3. The Labute approximate surface area is 404 Å². The average Bonchev–Trinajstić information content (AvgIpc) is 4.23. The molecule has 9 aromatic heterocycles. The number of fused-ring (bicyclic) bond motifs is 15. The largest absolute Gasteiger partial charge is 0.307 e. The molecule has 0 saturated heterocycles. The summed E-state index contributed by atoms with van der Waals surface area (Å²) >= 11 is 0. The molecule has 9 heteroatoms. The number of hydrogen-bond donors (Lipinski definition) is 0. The second-order valence-corrected chi connectivity index (χ2v) is 18.3. The van der Waals surface area contributed by atoms with Gasteiger partial charge in [-0.2, -0.15) is 0 Å². The lowest BCUT2D eigenvalue weighted by Crippen LogP contribution is -2.16. The Morgan fingerprint density at radius 1 is 0.211 bits per heavy atom. The molecule has 0 aliphatic carbocycles. The van der Waals surface area contributed by atoms with Gasteiger partial charge in [0.2, 0.25) is 0 Å². The number of pyridine rings is 4. The topological polar surface area (TPSA) is 76.2 Å². The lowest BCUT2D eigenvalue weighted by Gasteiger charge is -2.28. The molecule has 0 fully saturated rings. The number of rotatable bonds is 5. The van der Waals surface area contributed by atoms with E-state index in [0.717, 1.165) is 105 Å². The van der Waals surface area contributed by atoms with Gasteiger partial charge in [-0.3, -0.25) is 19.9 Å². The van der Waals surface area contributed by atoms with E-state index in [4.69, 9.17) is 19.9 Å². The lowest BCUT2D eigenvalue weighted by molar-refractivity contribution is 0.998. The van der Waals surface area contributed by atoms with E-state index in [9.17, 15) is 0 Å². The molecule has 71 heavy (non-hydrogen) atoms. The van der Waals surface area contributed by atoms with Gasteiger partial charge in [0.1, 0.15) is 0 Å². The molecule has 0 N–H and O–H groups in total. The Morgan fingerprint density at radius 2 is 0.437 bits per heavy atom. The summed E-state index contributed by atoms with van der Waals surface area (Å²) in [6.07, 6.45) is 15.5. The van der Waals surface area contributed by atoms with Crippen LogP contribution in [0, 0.1) is 0 Å². The van der Waals surface area contributed by atoms with Crippen molar-refractivity contribution in [2.24, 2.45) is 0 Å².